The lowest BCUT2D eigenvalue weighted by Gasteiger charge is -2.32. The van der Waals surface area contributed by atoms with Gasteiger partial charge in [-0.25, -0.2) is 0 Å². The first-order chi connectivity index (χ1) is 9.30. The minimum absolute atomic E-state index is 0.0354. The monoisotopic (exact) mass is 353 g/mol. The summed E-state index contributed by atoms with van der Waals surface area (Å²) < 4.78 is 44.4. The summed E-state index contributed by atoms with van der Waals surface area (Å²) in [6.07, 6.45) is -3.61. The van der Waals surface area contributed by atoms with Crippen molar-refractivity contribution in [2.45, 2.75) is 24.6 Å². The number of aliphatic hydroxyl groups is 1. The second-order valence-electron chi connectivity index (χ2n) is 4.88. The zero-order chi connectivity index (χ0) is 14.8. The number of nitrogens with one attached hydrogen (secondary N) is 1. The molecule has 0 radical (unpaired) electrons. The number of hydrogen-bond donors (Lipinski definition) is 2. The smallest absolute Gasteiger partial charge is 0.388 e. The fraction of sp³-hybridized carbons (Fsp3) is 0.538. The molecule has 1 aromatic carbocycles. The summed E-state index contributed by atoms with van der Waals surface area (Å²) >= 11 is 3.15. The molecule has 1 aliphatic rings. The highest BCUT2D eigenvalue weighted by Crippen LogP contribution is 2.36. The highest BCUT2D eigenvalue weighted by molar-refractivity contribution is 9.10. The van der Waals surface area contributed by atoms with Gasteiger partial charge in [-0.2, -0.15) is 13.2 Å². The molecule has 1 saturated heterocycles. The maximum atomic E-state index is 12.9. The Morgan fingerprint density at radius 1 is 1.30 bits per heavy atom. The second kappa shape index (κ2) is 5.91. The molecular weight excluding hydrogens is 339 g/mol. The molecule has 2 N–H and O–H groups in total. The molecule has 20 heavy (non-hydrogen) atoms. The first-order valence-corrected chi connectivity index (χ1v) is 7.00. The third-order valence-electron chi connectivity index (χ3n) is 3.32. The second-order valence-corrected chi connectivity index (χ2v) is 5.79. The fourth-order valence-electron chi connectivity index (χ4n) is 2.10. The van der Waals surface area contributed by atoms with Crippen molar-refractivity contribution < 1.29 is 23.0 Å². The Kier molecular flexibility index (Phi) is 4.61. The van der Waals surface area contributed by atoms with E-state index in [1.165, 1.54) is 12.1 Å². The van der Waals surface area contributed by atoms with Gasteiger partial charge in [-0.15, -0.1) is 0 Å². The van der Waals surface area contributed by atoms with E-state index < -0.39 is 17.3 Å². The summed E-state index contributed by atoms with van der Waals surface area (Å²) in [6.45, 7) is 0.904. The molecule has 1 aromatic rings. The third kappa shape index (κ3) is 3.86. The number of alkyl halides is 3. The van der Waals surface area contributed by atoms with Gasteiger partial charge in [-0.1, -0.05) is 15.9 Å². The van der Waals surface area contributed by atoms with E-state index in [0.29, 0.717) is 30.5 Å². The maximum absolute atomic E-state index is 12.9. The van der Waals surface area contributed by atoms with E-state index in [4.69, 9.17) is 4.74 Å². The van der Waals surface area contributed by atoms with Crippen LogP contribution >= 0.6 is 15.9 Å². The third-order valence-corrected chi connectivity index (χ3v) is 3.81. The summed E-state index contributed by atoms with van der Waals surface area (Å²) in [6, 6.07) is 3.73. The number of ether oxygens (including phenoxy) is 1. The molecule has 7 heteroatoms. The van der Waals surface area contributed by atoms with Gasteiger partial charge in [0.25, 0.3) is 0 Å². The van der Waals surface area contributed by atoms with Gasteiger partial charge < -0.3 is 15.2 Å². The predicted octanol–water partition coefficient (Wildman–Crippen LogP) is 3.42. The van der Waals surface area contributed by atoms with Gasteiger partial charge in [0.05, 0.1) is 11.2 Å². The van der Waals surface area contributed by atoms with Crippen LogP contribution in [0.5, 0.6) is 0 Å². The Morgan fingerprint density at radius 2 is 1.95 bits per heavy atom. The van der Waals surface area contributed by atoms with Crippen LogP contribution < -0.4 is 5.32 Å². The minimum Gasteiger partial charge on any atom is -0.388 e. The van der Waals surface area contributed by atoms with Crippen molar-refractivity contribution in [2.75, 3.05) is 25.1 Å². The van der Waals surface area contributed by atoms with Crippen LogP contribution in [0.4, 0.5) is 18.9 Å². The van der Waals surface area contributed by atoms with Crippen molar-refractivity contribution in [2.24, 2.45) is 0 Å². The molecule has 0 saturated carbocycles. The number of anilines is 1. The van der Waals surface area contributed by atoms with E-state index in [1.807, 2.05) is 0 Å². The molecule has 0 unspecified atom stereocenters. The van der Waals surface area contributed by atoms with Gasteiger partial charge in [-0.05, 0) is 18.2 Å². The molecule has 1 fully saturated rings. The average Bonchev–Trinajstić information content (AvgIpc) is 2.36. The minimum atomic E-state index is -4.43. The lowest BCUT2D eigenvalue weighted by molar-refractivity contribution is -0.137. The standard InChI is InChI=1S/C13H15BrF3NO2/c14-9-1-2-10(13(15,16)17)11(7-9)18-8-12(19)3-5-20-6-4-12/h1-2,7,18-19H,3-6,8H2. The molecule has 0 amide bonds. The number of benzene rings is 1. The predicted molar refractivity (Wildman–Crippen MR) is 72.6 cm³/mol. The Bertz CT molecular complexity index is 473. The van der Waals surface area contributed by atoms with Crippen molar-refractivity contribution in [3.8, 4) is 0 Å². The molecule has 3 nitrogen and oxygen atoms in total. The summed E-state index contributed by atoms with van der Waals surface area (Å²) in [5.41, 5.74) is -1.80. The van der Waals surface area contributed by atoms with Crippen LogP contribution in [0, 0.1) is 0 Å². The van der Waals surface area contributed by atoms with E-state index >= 15 is 0 Å². The van der Waals surface area contributed by atoms with Gasteiger partial charge in [0.1, 0.15) is 0 Å². The lowest BCUT2D eigenvalue weighted by atomic mass is 9.94. The largest absolute Gasteiger partial charge is 0.418 e. The number of halogens is 4. The van der Waals surface area contributed by atoms with Crippen molar-refractivity contribution in [3.05, 3.63) is 28.2 Å². The topological polar surface area (TPSA) is 41.5 Å². The number of hydrogen-bond acceptors (Lipinski definition) is 3. The molecule has 0 bridgehead atoms. The van der Waals surface area contributed by atoms with Gasteiger partial charge >= 0.3 is 6.18 Å². The highest BCUT2D eigenvalue weighted by Gasteiger charge is 2.35. The van der Waals surface area contributed by atoms with E-state index in [1.54, 1.807) is 0 Å². The molecule has 0 spiro atoms. The molecular formula is C13H15BrF3NO2. The first-order valence-electron chi connectivity index (χ1n) is 6.21. The van der Waals surface area contributed by atoms with Crippen LogP contribution in [0.2, 0.25) is 0 Å². The fourth-order valence-corrected chi connectivity index (χ4v) is 2.46. The van der Waals surface area contributed by atoms with Crippen LogP contribution in [-0.2, 0) is 10.9 Å². The quantitative estimate of drug-likeness (QED) is 0.874. The van der Waals surface area contributed by atoms with E-state index in [0.717, 1.165) is 6.07 Å². The maximum Gasteiger partial charge on any atom is 0.418 e. The lowest BCUT2D eigenvalue weighted by Crippen LogP contribution is -2.42. The van der Waals surface area contributed by atoms with Crippen LogP contribution in [0.3, 0.4) is 0 Å². The molecule has 0 aromatic heterocycles. The molecule has 0 aliphatic carbocycles. The van der Waals surface area contributed by atoms with Crippen LogP contribution in [0.25, 0.3) is 0 Å². The van der Waals surface area contributed by atoms with E-state index in [9.17, 15) is 18.3 Å². The molecule has 2 rings (SSSR count). The van der Waals surface area contributed by atoms with Crippen LogP contribution in [-0.4, -0.2) is 30.5 Å². The zero-order valence-corrected chi connectivity index (χ0v) is 12.2. The summed E-state index contributed by atoms with van der Waals surface area (Å²) in [5.74, 6) is 0. The van der Waals surface area contributed by atoms with Crippen molar-refractivity contribution in [3.63, 3.8) is 0 Å². The average molecular weight is 354 g/mol. The Labute approximate surface area is 123 Å². The van der Waals surface area contributed by atoms with Gasteiger partial charge in [0.2, 0.25) is 0 Å². The summed E-state index contributed by atoms with van der Waals surface area (Å²) in [7, 11) is 0. The van der Waals surface area contributed by atoms with Crippen molar-refractivity contribution in [1.82, 2.24) is 0 Å². The molecule has 1 heterocycles. The Hall–Kier alpha value is -0.790. The summed E-state index contributed by atoms with van der Waals surface area (Å²) in [5, 5.41) is 13.0. The molecule has 1 aliphatic heterocycles. The van der Waals surface area contributed by atoms with E-state index in [-0.39, 0.29) is 12.2 Å². The molecule has 112 valence electrons. The first kappa shape index (κ1) is 15.6. The molecule has 0 atom stereocenters. The normalized spacial score (nSPS) is 18.9. The van der Waals surface area contributed by atoms with Crippen molar-refractivity contribution in [1.29, 1.82) is 0 Å². The SMILES string of the molecule is OC1(CNc2cc(Br)ccc2C(F)(F)F)CCOCC1. The van der Waals surface area contributed by atoms with Gasteiger partial charge in [0, 0.05) is 42.8 Å². The number of rotatable bonds is 3. The van der Waals surface area contributed by atoms with Crippen molar-refractivity contribution >= 4 is 21.6 Å². The van der Waals surface area contributed by atoms with Crippen LogP contribution in [0.15, 0.2) is 22.7 Å². The van der Waals surface area contributed by atoms with Gasteiger partial charge in [-0.3, -0.25) is 0 Å². The summed E-state index contributed by atoms with van der Waals surface area (Å²) in [4.78, 5) is 0. The zero-order valence-electron chi connectivity index (χ0n) is 10.6. The van der Waals surface area contributed by atoms with E-state index in [2.05, 4.69) is 21.2 Å². The Morgan fingerprint density at radius 3 is 2.55 bits per heavy atom. The van der Waals surface area contributed by atoms with Crippen LogP contribution in [0.1, 0.15) is 18.4 Å². The highest BCUT2D eigenvalue weighted by atomic mass is 79.9. The Balaban J connectivity index is 2.14. The van der Waals surface area contributed by atoms with Gasteiger partial charge in [0.15, 0.2) is 0 Å².